The summed E-state index contributed by atoms with van der Waals surface area (Å²) in [6, 6.07) is 18.0. The minimum atomic E-state index is -0.657. The molecule has 0 spiro atoms. The molecule has 0 bridgehead atoms. The monoisotopic (exact) mass is 414 g/mol. The second-order valence-electron chi connectivity index (χ2n) is 6.85. The third kappa shape index (κ3) is 3.69. The number of nitrogens with one attached hydrogen (secondary N) is 2. The fourth-order valence-corrected chi connectivity index (χ4v) is 3.52. The Morgan fingerprint density at radius 2 is 1.39 bits per heavy atom. The van der Waals surface area contributed by atoms with E-state index >= 15 is 0 Å². The zero-order valence-electron chi connectivity index (χ0n) is 16.6. The number of esters is 1. The van der Waals surface area contributed by atoms with Crippen LogP contribution in [0.1, 0.15) is 42.2 Å². The number of fused-ring (bicyclic) bond motifs is 2. The van der Waals surface area contributed by atoms with Crippen molar-refractivity contribution in [1.82, 2.24) is 0 Å². The molecule has 1 aliphatic rings. The highest BCUT2D eigenvalue weighted by Crippen LogP contribution is 2.31. The van der Waals surface area contributed by atoms with Crippen molar-refractivity contribution in [2.45, 2.75) is 0 Å². The van der Waals surface area contributed by atoms with Crippen LogP contribution in [0.5, 0.6) is 0 Å². The molecule has 3 aromatic rings. The van der Waals surface area contributed by atoms with Gasteiger partial charge in [0.25, 0.3) is 5.91 Å². The Kier molecular flexibility index (Phi) is 5.32. The first-order chi connectivity index (χ1) is 15.0. The Labute approximate surface area is 178 Å². The standard InChI is InChI=1S/C24H18N2O5/c1-25-18-11-5-4-9-16(18)24(30)31-13-20(27)26-19-12-6-10-17-21(19)23(29)15-8-3-2-7-14(15)22(17)28/h2-12,25H,13H2,1H3,(H,26,27). The molecule has 0 atom stereocenters. The highest BCUT2D eigenvalue weighted by molar-refractivity contribution is 6.30. The van der Waals surface area contributed by atoms with E-state index in [0.717, 1.165) is 0 Å². The van der Waals surface area contributed by atoms with E-state index in [4.69, 9.17) is 4.74 Å². The van der Waals surface area contributed by atoms with Crippen LogP contribution in [-0.4, -0.2) is 37.1 Å². The maximum atomic E-state index is 13.0. The van der Waals surface area contributed by atoms with E-state index in [-0.39, 0.29) is 33.9 Å². The predicted octanol–water partition coefficient (Wildman–Crippen LogP) is 3.30. The Bertz CT molecular complexity index is 1230. The molecule has 0 fully saturated rings. The minimum Gasteiger partial charge on any atom is -0.452 e. The van der Waals surface area contributed by atoms with Gasteiger partial charge in [-0.15, -0.1) is 0 Å². The summed E-state index contributed by atoms with van der Waals surface area (Å²) < 4.78 is 5.11. The van der Waals surface area contributed by atoms with Crippen LogP contribution in [0, 0.1) is 0 Å². The summed E-state index contributed by atoms with van der Waals surface area (Å²) in [5, 5.41) is 5.47. The molecule has 1 amide bonds. The number of hydrogen-bond acceptors (Lipinski definition) is 6. The molecule has 31 heavy (non-hydrogen) atoms. The molecule has 0 saturated heterocycles. The van der Waals surface area contributed by atoms with Gasteiger partial charge in [0.2, 0.25) is 0 Å². The first-order valence-electron chi connectivity index (χ1n) is 9.56. The Hall–Kier alpha value is -4.26. The van der Waals surface area contributed by atoms with Gasteiger partial charge in [0.15, 0.2) is 18.2 Å². The lowest BCUT2D eigenvalue weighted by molar-refractivity contribution is -0.119. The van der Waals surface area contributed by atoms with Crippen LogP contribution < -0.4 is 10.6 Å². The van der Waals surface area contributed by atoms with Gasteiger partial charge in [-0.25, -0.2) is 4.79 Å². The number of carbonyl (C=O) groups excluding carboxylic acids is 4. The number of ketones is 2. The van der Waals surface area contributed by atoms with E-state index in [9.17, 15) is 19.2 Å². The van der Waals surface area contributed by atoms with Crippen molar-refractivity contribution in [3.05, 3.63) is 94.5 Å². The lowest BCUT2D eigenvalue weighted by Gasteiger charge is -2.20. The van der Waals surface area contributed by atoms with Crippen molar-refractivity contribution in [1.29, 1.82) is 0 Å². The van der Waals surface area contributed by atoms with Gasteiger partial charge in [-0.2, -0.15) is 0 Å². The van der Waals surface area contributed by atoms with Crippen LogP contribution >= 0.6 is 0 Å². The first kappa shape index (κ1) is 20.0. The van der Waals surface area contributed by atoms with E-state index in [2.05, 4.69) is 10.6 Å². The van der Waals surface area contributed by atoms with Gasteiger partial charge in [0, 0.05) is 29.4 Å². The van der Waals surface area contributed by atoms with Crippen LogP contribution in [0.2, 0.25) is 0 Å². The second kappa shape index (κ2) is 8.23. The van der Waals surface area contributed by atoms with E-state index in [1.807, 2.05) is 0 Å². The number of amides is 1. The Balaban J connectivity index is 1.52. The number of ether oxygens (including phenoxy) is 1. The largest absolute Gasteiger partial charge is 0.452 e. The highest BCUT2D eigenvalue weighted by Gasteiger charge is 2.31. The fourth-order valence-electron chi connectivity index (χ4n) is 3.52. The van der Waals surface area contributed by atoms with E-state index < -0.39 is 18.5 Å². The number of hydrogen-bond donors (Lipinski definition) is 2. The molecule has 3 aromatic carbocycles. The smallest absolute Gasteiger partial charge is 0.340 e. The third-order valence-corrected chi connectivity index (χ3v) is 4.98. The van der Waals surface area contributed by atoms with E-state index in [0.29, 0.717) is 16.8 Å². The lowest BCUT2D eigenvalue weighted by atomic mass is 9.83. The maximum Gasteiger partial charge on any atom is 0.340 e. The molecule has 0 aliphatic heterocycles. The molecule has 154 valence electrons. The number of para-hydroxylation sites is 1. The van der Waals surface area contributed by atoms with Gasteiger partial charge in [-0.3, -0.25) is 14.4 Å². The lowest BCUT2D eigenvalue weighted by Crippen LogP contribution is -2.26. The zero-order chi connectivity index (χ0) is 22.0. The molecule has 4 rings (SSSR count). The topological polar surface area (TPSA) is 102 Å². The van der Waals surface area contributed by atoms with Gasteiger partial charge >= 0.3 is 5.97 Å². The molecule has 7 heteroatoms. The molecule has 0 unspecified atom stereocenters. The molecule has 2 N–H and O–H groups in total. The molecule has 1 aliphatic carbocycles. The van der Waals surface area contributed by atoms with Crippen molar-refractivity contribution in [3.8, 4) is 0 Å². The normalized spacial score (nSPS) is 11.9. The quantitative estimate of drug-likeness (QED) is 0.486. The van der Waals surface area contributed by atoms with Gasteiger partial charge in [0.1, 0.15) is 0 Å². The summed E-state index contributed by atoms with van der Waals surface area (Å²) in [6.07, 6.45) is 0. The summed E-state index contributed by atoms with van der Waals surface area (Å²) in [7, 11) is 1.67. The van der Waals surface area contributed by atoms with Gasteiger partial charge in [-0.05, 0) is 18.2 Å². The van der Waals surface area contributed by atoms with Crippen LogP contribution in [0.3, 0.4) is 0 Å². The number of rotatable bonds is 5. The Morgan fingerprint density at radius 3 is 2.13 bits per heavy atom. The summed E-state index contributed by atoms with van der Waals surface area (Å²) in [6.45, 7) is -0.542. The highest BCUT2D eigenvalue weighted by atomic mass is 16.5. The minimum absolute atomic E-state index is 0.131. The summed E-state index contributed by atoms with van der Waals surface area (Å²) in [5.74, 6) is -1.91. The second-order valence-corrected chi connectivity index (χ2v) is 6.85. The van der Waals surface area contributed by atoms with Crippen LogP contribution in [0.4, 0.5) is 11.4 Å². The van der Waals surface area contributed by atoms with Crippen molar-refractivity contribution in [3.63, 3.8) is 0 Å². The first-order valence-corrected chi connectivity index (χ1v) is 9.56. The summed E-state index contributed by atoms with van der Waals surface area (Å²) in [4.78, 5) is 50.5. The van der Waals surface area contributed by atoms with Crippen LogP contribution in [0.25, 0.3) is 0 Å². The maximum absolute atomic E-state index is 13.0. The van der Waals surface area contributed by atoms with Crippen LogP contribution in [0.15, 0.2) is 66.7 Å². The van der Waals surface area contributed by atoms with Crippen LogP contribution in [-0.2, 0) is 9.53 Å². The molecular formula is C24H18N2O5. The molecular weight excluding hydrogens is 396 g/mol. The molecule has 0 saturated carbocycles. The number of carbonyl (C=O) groups is 4. The van der Waals surface area contributed by atoms with Crippen molar-refractivity contribution >= 4 is 34.8 Å². The molecule has 0 heterocycles. The van der Waals surface area contributed by atoms with Crippen molar-refractivity contribution in [2.24, 2.45) is 0 Å². The van der Waals surface area contributed by atoms with E-state index in [1.54, 1.807) is 67.7 Å². The Morgan fingerprint density at radius 1 is 0.774 bits per heavy atom. The van der Waals surface area contributed by atoms with Crippen molar-refractivity contribution < 1.29 is 23.9 Å². The third-order valence-electron chi connectivity index (χ3n) is 4.98. The van der Waals surface area contributed by atoms with E-state index in [1.165, 1.54) is 6.07 Å². The van der Waals surface area contributed by atoms with Gasteiger partial charge < -0.3 is 15.4 Å². The SMILES string of the molecule is CNc1ccccc1C(=O)OCC(=O)Nc1cccc2c1C(=O)c1ccccc1C2=O. The molecule has 0 radical (unpaired) electrons. The number of anilines is 2. The average molecular weight is 414 g/mol. The summed E-state index contributed by atoms with van der Waals surface area (Å²) >= 11 is 0. The number of benzene rings is 3. The fraction of sp³-hybridized carbons (Fsp3) is 0.0833. The zero-order valence-corrected chi connectivity index (χ0v) is 16.6. The molecule has 0 aromatic heterocycles. The van der Waals surface area contributed by atoms with Gasteiger partial charge in [0.05, 0.1) is 16.8 Å². The molecule has 7 nitrogen and oxygen atoms in total. The van der Waals surface area contributed by atoms with Gasteiger partial charge in [-0.1, -0.05) is 48.5 Å². The predicted molar refractivity (Wildman–Crippen MR) is 115 cm³/mol. The summed E-state index contributed by atoms with van der Waals surface area (Å²) in [5.41, 5.74) is 2.05. The average Bonchev–Trinajstić information content (AvgIpc) is 2.81. The van der Waals surface area contributed by atoms with Crippen molar-refractivity contribution in [2.75, 3.05) is 24.3 Å².